The van der Waals surface area contributed by atoms with E-state index in [1.165, 1.54) is 18.3 Å². The van der Waals surface area contributed by atoms with E-state index in [2.05, 4.69) is 20.6 Å². The van der Waals surface area contributed by atoms with E-state index >= 15 is 0 Å². The number of aromatic nitrogens is 2. The summed E-state index contributed by atoms with van der Waals surface area (Å²) in [6, 6.07) is 5.95. The molecule has 3 amide bonds. The molecule has 0 radical (unpaired) electrons. The Kier molecular flexibility index (Phi) is 7.30. The maximum absolute atomic E-state index is 12.4. The summed E-state index contributed by atoms with van der Waals surface area (Å²) in [5.74, 6) is 0.464. The van der Waals surface area contributed by atoms with E-state index in [0.717, 1.165) is 0 Å². The van der Waals surface area contributed by atoms with Crippen molar-refractivity contribution in [2.24, 2.45) is 0 Å². The normalized spacial score (nSPS) is 13.4. The molecule has 11 heteroatoms. The van der Waals surface area contributed by atoms with Crippen LogP contribution in [0.3, 0.4) is 0 Å². The van der Waals surface area contributed by atoms with E-state index in [1.807, 2.05) is 19.9 Å². The molecule has 2 aromatic rings. The van der Waals surface area contributed by atoms with Crippen LogP contribution in [0.25, 0.3) is 0 Å². The monoisotopic (exact) mass is 438 g/mol. The summed E-state index contributed by atoms with van der Waals surface area (Å²) >= 11 is 0. The Labute approximate surface area is 184 Å². The number of rotatable bonds is 7. The fraction of sp³-hybridized carbons (Fsp3) is 0.333. The first-order valence-corrected chi connectivity index (χ1v) is 9.85. The summed E-state index contributed by atoms with van der Waals surface area (Å²) in [6.45, 7) is 4.73. The molecule has 1 saturated heterocycles. The lowest BCUT2D eigenvalue weighted by atomic mass is 10.1. The van der Waals surface area contributed by atoms with Crippen LogP contribution in [0.5, 0.6) is 5.75 Å². The van der Waals surface area contributed by atoms with Crippen molar-refractivity contribution in [1.82, 2.24) is 14.9 Å². The highest BCUT2D eigenvalue weighted by Gasteiger charge is 2.20. The van der Waals surface area contributed by atoms with Crippen LogP contribution in [0.15, 0.2) is 24.4 Å². The Morgan fingerprint density at radius 3 is 2.84 bits per heavy atom. The van der Waals surface area contributed by atoms with Gasteiger partial charge >= 0.3 is 6.03 Å². The van der Waals surface area contributed by atoms with E-state index in [4.69, 9.17) is 14.7 Å². The molecule has 32 heavy (non-hydrogen) atoms. The fourth-order valence-corrected chi connectivity index (χ4v) is 2.94. The van der Waals surface area contributed by atoms with Crippen molar-refractivity contribution in [3.05, 3.63) is 41.2 Å². The number of pyridine rings is 2. The van der Waals surface area contributed by atoms with E-state index in [1.54, 1.807) is 11.0 Å². The number of aldehydes is 1. The minimum Gasteiger partial charge on any atom is -0.489 e. The molecule has 3 heterocycles. The molecule has 1 aliphatic heterocycles. The molecule has 2 aromatic heterocycles. The number of amides is 3. The first-order valence-electron chi connectivity index (χ1n) is 9.85. The van der Waals surface area contributed by atoms with Crippen LogP contribution in [0.2, 0.25) is 0 Å². The maximum Gasteiger partial charge on any atom is 0.326 e. The highest BCUT2D eigenvalue weighted by molar-refractivity contribution is 5.98. The second-order valence-corrected chi connectivity index (χ2v) is 7.15. The number of ether oxygens (including phenoxy) is 2. The molecule has 1 fully saturated rings. The summed E-state index contributed by atoms with van der Waals surface area (Å²) in [6.07, 6.45) is 1.71. The lowest BCUT2D eigenvalue weighted by Gasteiger charge is -2.27. The minimum atomic E-state index is -0.641. The third-order valence-electron chi connectivity index (χ3n) is 4.40. The van der Waals surface area contributed by atoms with Gasteiger partial charge in [-0.3, -0.25) is 20.2 Å². The molecular weight excluding hydrogens is 416 g/mol. The molecule has 0 bridgehead atoms. The van der Waals surface area contributed by atoms with E-state index in [9.17, 15) is 14.4 Å². The molecule has 11 nitrogen and oxygen atoms in total. The number of nitrogens with one attached hydrogen (secondary N) is 2. The Morgan fingerprint density at radius 2 is 2.16 bits per heavy atom. The van der Waals surface area contributed by atoms with Crippen molar-refractivity contribution < 1.29 is 23.9 Å². The summed E-state index contributed by atoms with van der Waals surface area (Å²) in [4.78, 5) is 45.5. The quantitative estimate of drug-likeness (QED) is 0.624. The molecule has 3 rings (SSSR count). The van der Waals surface area contributed by atoms with Gasteiger partial charge in [-0.05, 0) is 19.9 Å². The summed E-state index contributed by atoms with van der Waals surface area (Å²) in [5, 5.41) is 14.2. The van der Waals surface area contributed by atoms with Crippen molar-refractivity contribution >= 4 is 29.9 Å². The first-order chi connectivity index (χ1) is 15.4. The number of carbonyl (C=O) groups is 3. The van der Waals surface area contributed by atoms with Gasteiger partial charge in [0.25, 0.3) is 0 Å². The summed E-state index contributed by atoms with van der Waals surface area (Å²) in [7, 11) is 0. The molecule has 0 saturated carbocycles. The van der Waals surface area contributed by atoms with Gasteiger partial charge in [-0.25, -0.2) is 14.8 Å². The number of nitrogens with zero attached hydrogens (tertiary/aromatic N) is 4. The van der Waals surface area contributed by atoms with Crippen molar-refractivity contribution in [3.63, 3.8) is 0 Å². The largest absolute Gasteiger partial charge is 0.489 e. The zero-order chi connectivity index (χ0) is 23.1. The van der Waals surface area contributed by atoms with Crippen molar-refractivity contribution in [3.8, 4) is 11.8 Å². The molecule has 2 N–H and O–H groups in total. The number of hydrogen-bond acceptors (Lipinski definition) is 8. The highest BCUT2D eigenvalue weighted by Crippen LogP contribution is 2.22. The lowest BCUT2D eigenvalue weighted by Crippen LogP contribution is -2.41. The second-order valence-electron chi connectivity index (χ2n) is 7.15. The highest BCUT2D eigenvalue weighted by atomic mass is 16.5. The lowest BCUT2D eigenvalue weighted by molar-refractivity contribution is -0.143. The van der Waals surface area contributed by atoms with Gasteiger partial charge in [0.1, 0.15) is 41.3 Å². The van der Waals surface area contributed by atoms with Gasteiger partial charge in [-0.15, -0.1) is 0 Å². The first kappa shape index (κ1) is 22.6. The number of morpholine rings is 1. The molecule has 1 aliphatic rings. The van der Waals surface area contributed by atoms with Crippen molar-refractivity contribution in [1.29, 1.82) is 5.26 Å². The maximum atomic E-state index is 12.4. The van der Waals surface area contributed by atoms with Gasteiger partial charge in [0, 0.05) is 24.7 Å². The number of urea groups is 1. The van der Waals surface area contributed by atoms with Gasteiger partial charge in [-0.2, -0.15) is 5.26 Å². The molecule has 0 atom stereocenters. The average molecular weight is 438 g/mol. The minimum absolute atomic E-state index is 0.0109. The van der Waals surface area contributed by atoms with Crippen LogP contribution in [-0.2, 0) is 16.1 Å². The molecule has 0 unspecified atom stereocenters. The molecule has 0 aliphatic carbocycles. The van der Waals surface area contributed by atoms with E-state index < -0.39 is 6.03 Å². The molecule has 0 aromatic carbocycles. The van der Waals surface area contributed by atoms with E-state index in [-0.39, 0.29) is 48.1 Å². The third kappa shape index (κ3) is 5.77. The molecule has 0 spiro atoms. The summed E-state index contributed by atoms with van der Waals surface area (Å²) < 4.78 is 10.7. The van der Waals surface area contributed by atoms with Gasteiger partial charge in [-0.1, -0.05) is 6.07 Å². The molecule has 166 valence electrons. The van der Waals surface area contributed by atoms with Crippen LogP contribution < -0.4 is 15.4 Å². The number of hydrogen-bond donors (Lipinski definition) is 2. The van der Waals surface area contributed by atoms with Crippen LogP contribution >= 0.6 is 0 Å². The Balaban J connectivity index is 1.68. The number of carbonyl (C=O) groups excluding carboxylic acids is 3. The van der Waals surface area contributed by atoms with Crippen LogP contribution in [0.4, 0.5) is 16.4 Å². The Hall–Kier alpha value is -4.04. The van der Waals surface area contributed by atoms with Crippen molar-refractivity contribution in [2.45, 2.75) is 26.5 Å². The standard InChI is InChI=1S/C21H22N6O5/c1-13(2)32-17-7-19(23-9-15(17)8-22)26-21(30)25-18-4-3-14(16(11-28)24-18)10-27-5-6-31-12-20(27)29/h3-4,7,9,11,13H,5-6,10,12H2,1-2H3,(H2,23,24,25,26,30). The van der Waals surface area contributed by atoms with Gasteiger partial charge in [0.15, 0.2) is 6.29 Å². The third-order valence-corrected chi connectivity index (χ3v) is 4.40. The predicted molar refractivity (Wildman–Crippen MR) is 113 cm³/mol. The zero-order valence-corrected chi connectivity index (χ0v) is 17.6. The van der Waals surface area contributed by atoms with Crippen LogP contribution in [0.1, 0.15) is 35.5 Å². The predicted octanol–water partition coefficient (Wildman–Crippen LogP) is 1.95. The number of nitriles is 1. The van der Waals surface area contributed by atoms with Gasteiger partial charge in [0.2, 0.25) is 5.91 Å². The molecular formula is C21H22N6O5. The topological polar surface area (TPSA) is 147 Å². The zero-order valence-electron chi connectivity index (χ0n) is 17.6. The summed E-state index contributed by atoms with van der Waals surface area (Å²) in [5.41, 5.74) is 0.924. The van der Waals surface area contributed by atoms with Crippen molar-refractivity contribution in [2.75, 3.05) is 30.4 Å². The van der Waals surface area contributed by atoms with Gasteiger partial charge < -0.3 is 14.4 Å². The Bertz CT molecular complexity index is 1070. The SMILES string of the molecule is CC(C)Oc1cc(NC(=O)Nc2ccc(CN3CCOCC3=O)c(C=O)n2)ncc1C#N. The van der Waals surface area contributed by atoms with Crippen LogP contribution in [0, 0.1) is 11.3 Å². The second kappa shape index (κ2) is 10.3. The van der Waals surface area contributed by atoms with E-state index in [0.29, 0.717) is 30.8 Å². The van der Waals surface area contributed by atoms with Crippen LogP contribution in [-0.4, -0.2) is 59.0 Å². The smallest absolute Gasteiger partial charge is 0.326 e. The fourth-order valence-electron chi connectivity index (χ4n) is 2.94. The number of anilines is 2. The average Bonchev–Trinajstić information content (AvgIpc) is 2.76. The Morgan fingerprint density at radius 1 is 1.38 bits per heavy atom. The van der Waals surface area contributed by atoms with Gasteiger partial charge in [0.05, 0.1) is 18.9 Å².